The van der Waals surface area contributed by atoms with Crippen molar-refractivity contribution in [3.8, 4) is 11.5 Å². The molecular formula is C16H14ClN3O2. The highest BCUT2D eigenvalue weighted by Gasteiger charge is 2.21. The standard InChI is InChI=1S/C16H14ClN3O2/c1-10-6-7-11(2)19(10)15-14(16(21)22)9-18-20(15)13-5-3-4-12(17)8-13/h3-9H,1-2H3,(H,21,22). The summed E-state index contributed by atoms with van der Waals surface area (Å²) in [5, 5.41) is 14.3. The minimum Gasteiger partial charge on any atom is -0.477 e. The number of hydrogen-bond donors (Lipinski definition) is 1. The molecule has 1 N–H and O–H groups in total. The highest BCUT2D eigenvalue weighted by Crippen LogP contribution is 2.24. The number of aromatic nitrogens is 3. The molecular weight excluding hydrogens is 302 g/mol. The Morgan fingerprint density at radius 3 is 2.45 bits per heavy atom. The molecule has 0 aliphatic carbocycles. The van der Waals surface area contributed by atoms with E-state index in [0.29, 0.717) is 16.5 Å². The number of carbonyl (C=O) groups is 1. The quantitative estimate of drug-likeness (QED) is 0.803. The Labute approximate surface area is 132 Å². The normalized spacial score (nSPS) is 10.9. The second-order valence-electron chi connectivity index (χ2n) is 5.03. The van der Waals surface area contributed by atoms with Crippen LogP contribution in [0, 0.1) is 13.8 Å². The number of aryl methyl sites for hydroxylation is 2. The summed E-state index contributed by atoms with van der Waals surface area (Å²) in [6, 6.07) is 11.0. The van der Waals surface area contributed by atoms with E-state index >= 15 is 0 Å². The van der Waals surface area contributed by atoms with Gasteiger partial charge < -0.3 is 9.67 Å². The van der Waals surface area contributed by atoms with Gasteiger partial charge in [-0.2, -0.15) is 5.10 Å². The third kappa shape index (κ3) is 2.29. The van der Waals surface area contributed by atoms with Crippen molar-refractivity contribution in [3.63, 3.8) is 0 Å². The van der Waals surface area contributed by atoms with Crippen LogP contribution >= 0.6 is 11.6 Å². The van der Waals surface area contributed by atoms with E-state index in [4.69, 9.17) is 11.6 Å². The van der Waals surface area contributed by atoms with Gasteiger partial charge in [0, 0.05) is 16.4 Å². The van der Waals surface area contributed by atoms with Gasteiger partial charge in [0.15, 0.2) is 5.82 Å². The Morgan fingerprint density at radius 1 is 1.18 bits per heavy atom. The van der Waals surface area contributed by atoms with Gasteiger partial charge in [-0.05, 0) is 44.2 Å². The van der Waals surface area contributed by atoms with Gasteiger partial charge in [-0.1, -0.05) is 17.7 Å². The van der Waals surface area contributed by atoms with E-state index in [1.807, 2.05) is 36.6 Å². The van der Waals surface area contributed by atoms with Gasteiger partial charge in [0.1, 0.15) is 5.56 Å². The van der Waals surface area contributed by atoms with Gasteiger partial charge in [-0.25, -0.2) is 9.48 Å². The van der Waals surface area contributed by atoms with Crippen LogP contribution in [0.3, 0.4) is 0 Å². The fraction of sp³-hybridized carbons (Fsp3) is 0.125. The zero-order valence-electron chi connectivity index (χ0n) is 12.1. The second-order valence-corrected chi connectivity index (χ2v) is 5.47. The summed E-state index contributed by atoms with van der Waals surface area (Å²) in [7, 11) is 0. The molecule has 0 saturated carbocycles. The Morgan fingerprint density at radius 2 is 1.86 bits per heavy atom. The van der Waals surface area contributed by atoms with Crippen molar-refractivity contribution in [1.29, 1.82) is 0 Å². The number of rotatable bonds is 3. The summed E-state index contributed by atoms with van der Waals surface area (Å²) < 4.78 is 3.46. The van der Waals surface area contributed by atoms with E-state index in [0.717, 1.165) is 11.4 Å². The largest absolute Gasteiger partial charge is 0.477 e. The summed E-state index contributed by atoms with van der Waals surface area (Å²) in [5.74, 6) is -0.523. The minimum atomic E-state index is -1.02. The topological polar surface area (TPSA) is 60.1 Å². The lowest BCUT2D eigenvalue weighted by Gasteiger charge is -2.14. The van der Waals surface area contributed by atoms with Crippen molar-refractivity contribution >= 4 is 17.6 Å². The maximum Gasteiger partial charge on any atom is 0.341 e. The molecule has 0 saturated heterocycles. The molecule has 22 heavy (non-hydrogen) atoms. The van der Waals surface area contributed by atoms with E-state index in [1.165, 1.54) is 6.20 Å². The molecule has 2 aromatic heterocycles. The average molecular weight is 316 g/mol. The average Bonchev–Trinajstić information content (AvgIpc) is 3.02. The molecule has 0 amide bonds. The smallest absolute Gasteiger partial charge is 0.341 e. The summed E-state index contributed by atoms with van der Waals surface area (Å²) in [4.78, 5) is 11.6. The van der Waals surface area contributed by atoms with Crippen LogP contribution in [0.5, 0.6) is 0 Å². The van der Waals surface area contributed by atoms with Gasteiger partial charge in [-0.15, -0.1) is 0 Å². The lowest BCUT2D eigenvalue weighted by atomic mass is 10.3. The summed E-state index contributed by atoms with van der Waals surface area (Å²) in [6.45, 7) is 3.85. The second kappa shape index (κ2) is 5.35. The number of hydrogen-bond acceptors (Lipinski definition) is 2. The van der Waals surface area contributed by atoms with E-state index < -0.39 is 5.97 Å². The van der Waals surface area contributed by atoms with Crippen LogP contribution in [0.4, 0.5) is 0 Å². The Bertz CT molecular complexity index is 845. The highest BCUT2D eigenvalue weighted by molar-refractivity contribution is 6.30. The molecule has 2 heterocycles. The summed E-state index contributed by atoms with van der Waals surface area (Å²) in [6.07, 6.45) is 1.36. The van der Waals surface area contributed by atoms with E-state index in [9.17, 15) is 9.90 Å². The van der Waals surface area contributed by atoms with Crippen molar-refractivity contribution in [2.75, 3.05) is 0 Å². The molecule has 0 aliphatic heterocycles. The first kappa shape index (κ1) is 14.4. The summed E-state index contributed by atoms with van der Waals surface area (Å²) in [5.41, 5.74) is 2.72. The Hall–Kier alpha value is -2.53. The monoisotopic (exact) mass is 315 g/mol. The predicted molar refractivity (Wildman–Crippen MR) is 84.3 cm³/mol. The fourth-order valence-corrected chi connectivity index (χ4v) is 2.69. The lowest BCUT2D eigenvalue weighted by molar-refractivity contribution is 0.0697. The van der Waals surface area contributed by atoms with Crippen molar-refractivity contribution < 1.29 is 9.90 Å². The molecule has 0 spiro atoms. The molecule has 3 rings (SSSR count). The SMILES string of the molecule is Cc1ccc(C)n1-c1c(C(=O)O)cnn1-c1cccc(Cl)c1. The van der Waals surface area contributed by atoms with Gasteiger partial charge in [-0.3, -0.25) is 0 Å². The van der Waals surface area contributed by atoms with Crippen molar-refractivity contribution in [1.82, 2.24) is 14.3 Å². The molecule has 1 aromatic carbocycles. The molecule has 0 unspecified atom stereocenters. The molecule has 112 valence electrons. The minimum absolute atomic E-state index is 0.141. The Balaban J connectivity index is 2.32. The van der Waals surface area contributed by atoms with Crippen LogP contribution in [-0.2, 0) is 0 Å². The first-order chi connectivity index (χ1) is 10.5. The first-order valence-corrected chi connectivity index (χ1v) is 7.09. The molecule has 3 aromatic rings. The van der Waals surface area contributed by atoms with E-state index in [1.54, 1.807) is 22.9 Å². The highest BCUT2D eigenvalue weighted by atomic mass is 35.5. The summed E-state index contributed by atoms with van der Waals surface area (Å²) >= 11 is 6.04. The molecule has 0 radical (unpaired) electrons. The van der Waals surface area contributed by atoms with Gasteiger partial charge in [0.05, 0.1) is 11.9 Å². The third-order valence-electron chi connectivity index (χ3n) is 3.51. The maximum absolute atomic E-state index is 11.6. The fourth-order valence-electron chi connectivity index (χ4n) is 2.51. The van der Waals surface area contributed by atoms with Crippen LogP contribution in [-0.4, -0.2) is 25.4 Å². The van der Waals surface area contributed by atoms with Gasteiger partial charge >= 0.3 is 5.97 Å². The maximum atomic E-state index is 11.6. The number of halogens is 1. The molecule has 0 aliphatic rings. The molecule has 0 bridgehead atoms. The van der Waals surface area contributed by atoms with Gasteiger partial charge in [0.2, 0.25) is 0 Å². The van der Waals surface area contributed by atoms with Gasteiger partial charge in [0.25, 0.3) is 0 Å². The third-order valence-corrected chi connectivity index (χ3v) is 3.75. The van der Waals surface area contributed by atoms with Crippen molar-refractivity contribution in [2.24, 2.45) is 0 Å². The van der Waals surface area contributed by atoms with Crippen molar-refractivity contribution in [3.05, 3.63) is 64.6 Å². The van der Waals surface area contributed by atoms with Crippen LogP contribution in [0.15, 0.2) is 42.6 Å². The van der Waals surface area contributed by atoms with Crippen LogP contribution in [0.2, 0.25) is 5.02 Å². The molecule has 6 heteroatoms. The van der Waals surface area contributed by atoms with E-state index in [2.05, 4.69) is 5.10 Å². The number of carboxylic acids is 1. The number of benzene rings is 1. The van der Waals surface area contributed by atoms with E-state index in [-0.39, 0.29) is 5.56 Å². The molecule has 5 nitrogen and oxygen atoms in total. The first-order valence-electron chi connectivity index (χ1n) is 6.71. The Kier molecular flexibility index (Phi) is 3.50. The van der Waals surface area contributed by atoms with Crippen molar-refractivity contribution in [2.45, 2.75) is 13.8 Å². The zero-order valence-corrected chi connectivity index (χ0v) is 12.9. The molecule has 0 fully saturated rings. The van der Waals surface area contributed by atoms with Crippen LogP contribution in [0.1, 0.15) is 21.7 Å². The lowest BCUT2D eigenvalue weighted by Crippen LogP contribution is -2.12. The molecule has 0 atom stereocenters. The zero-order chi connectivity index (χ0) is 15.9. The van der Waals surface area contributed by atoms with Crippen LogP contribution < -0.4 is 0 Å². The van der Waals surface area contributed by atoms with Crippen LogP contribution in [0.25, 0.3) is 11.5 Å². The predicted octanol–water partition coefficient (Wildman–Crippen LogP) is 3.63. The number of aromatic carboxylic acids is 1. The number of carboxylic acid groups (broad SMARTS) is 1. The number of nitrogens with zero attached hydrogens (tertiary/aromatic N) is 3.